The molecule has 0 bridgehead atoms. The van der Waals surface area contributed by atoms with Crippen molar-refractivity contribution in [2.45, 2.75) is 31.6 Å². The summed E-state index contributed by atoms with van der Waals surface area (Å²) in [6.07, 6.45) is -4.20. The van der Waals surface area contributed by atoms with Gasteiger partial charge in [-0.05, 0) is 24.1 Å². The molecule has 0 aromatic heterocycles. The van der Waals surface area contributed by atoms with E-state index in [4.69, 9.17) is 0 Å². The highest BCUT2D eigenvalue weighted by Gasteiger charge is 2.31. The van der Waals surface area contributed by atoms with Gasteiger partial charge in [0.05, 0.1) is 5.56 Å². The Bertz CT molecular complexity index is 644. The zero-order valence-corrected chi connectivity index (χ0v) is 12.8. The van der Waals surface area contributed by atoms with Gasteiger partial charge in [-0.25, -0.2) is 4.79 Å². The molecule has 130 valence electrons. The van der Waals surface area contributed by atoms with Crippen LogP contribution in [0.25, 0.3) is 0 Å². The fourth-order valence-corrected chi connectivity index (χ4v) is 2.28. The lowest BCUT2D eigenvalue weighted by Gasteiger charge is -2.18. The van der Waals surface area contributed by atoms with Crippen molar-refractivity contribution < 1.29 is 27.6 Å². The van der Waals surface area contributed by atoms with Crippen LogP contribution in [0.1, 0.15) is 24.0 Å². The highest BCUT2D eigenvalue weighted by atomic mass is 19.4. The predicted octanol–water partition coefficient (Wildman–Crippen LogP) is 1.65. The number of amides is 4. The minimum Gasteiger partial charge on any atom is -0.341 e. The molecule has 0 radical (unpaired) electrons. The van der Waals surface area contributed by atoms with Crippen molar-refractivity contribution in [2.75, 3.05) is 7.05 Å². The molecule has 0 saturated carbocycles. The zero-order chi connectivity index (χ0) is 17.9. The average Bonchev–Trinajstić information content (AvgIpc) is 2.82. The minimum atomic E-state index is -4.40. The molecule has 1 saturated heterocycles. The highest BCUT2D eigenvalue weighted by molar-refractivity contribution is 6.04. The number of hydrogen-bond donors (Lipinski definition) is 2. The molecule has 1 aliphatic rings. The molecule has 4 amide bonds. The summed E-state index contributed by atoms with van der Waals surface area (Å²) in [6, 6.07) is 3.24. The fourth-order valence-electron chi connectivity index (χ4n) is 2.28. The van der Waals surface area contributed by atoms with Crippen molar-refractivity contribution in [1.82, 2.24) is 15.5 Å². The van der Waals surface area contributed by atoms with Crippen molar-refractivity contribution in [1.29, 1.82) is 0 Å². The van der Waals surface area contributed by atoms with E-state index < -0.39 is 29.7 Å². The van der Waals surface area contributed by atoms with Crippen molar-refractivity contribution in [3.05, 3.63) is 35.4 Å². The van der Waals surface area contributed by atoms with Gasteiger partial charge in [-0.15, -0.1) is 0 Å². The van der Waals surface area contributed by atoms with Gasteiger partial charge in [-0.2, -0.15) is 13.2 Å². The quantitative estimate of drug-likeness (QED) is 0.798. The molecule has 1 aliphatic heterocycles. The van der Waals surface area contributed by atoms with Crippen LogP contribution < -0.4 is 10.6 Å². The smallest absolute Gasteiger partial charge is 0.341 e. The molecule has 0 spiro atoms. The largest absolute Gasteiger partial charge is 0.416 e. The lowest BCUT2D eigenvalue weighted by atomic mass is 10.1. The second-order valence-corrected chi connectivity index (χ2v) is 5.50. The van der Waals surface area contributed by atoms with Gasteiger partial charge in [0, 0.05) is 20.0 Å². The summed E-state index contributed by atoms with van der Waals surface area (Å²) >= 11 is 0. The predicted molar refractivity (Wildman–Crippen MR) is 77.6 cm³/mol. The minimum absolute atomic E-state index is 0.0372. The first-order valence-corrected chi connectivity index (χ1v) is 7.18. The van der Waals surface area contributed by atoms with Gasteiger partial charge in [0.2, 0.25) is 5.91 Å². The molecule has 2 N–H and O–H groups in total. The van der Waals surface area contributed by atoms with Crippen LogP contribution in [0, 0.1) is 0 Å². The fraction of sp³-hybridized carbons (Fsp3) is 0.400. The number of rotatable bonds is 5. The lowest BCUT2D eigenvalue weighted by molar-refractivity contribution is -0.137. The van der Waals surface area contributed by atoms with Crippen molar-refractivity contribution in [2.24, 2.45) is 0 Å². The Hall–Kier alpha value is -2.58. The van der Waals surface area contributed by atoms with Crippen LogP contribution in [-0.4, -0.2) is 35.8 Å². The number of imide groups is 1. The Morgan fingerprint density at radius 1 is 1.21 bits per heavy atom. The van der Waals surface area contributed by atoms with Crippen LogP contribution in [0.15, 0.2) is 24.3 Å². The molecule has 0 aliphatic carbocycles. The number of alkyl halides is 3. The number of hydrogen-bond acceptors (Lipinski definition) is 3. The van der Waals surface area contributed by atoms with Gasteiger partial charge < -0.3 is 10.2 Å². The Balaban J connectivity index is 1.85. The van der Waals surface area contributed by atoms with Gasteiger partial charge in [0.25, 0.3) is 5.91 Å². The molecule has 2 rings (SSSR count). The van der Waals surface area contributed by atoms with E-state index in [0.717, 1.165) is 12.1 Å². The first kappa shape index (κ1) is 17.8. The topological polar surface area (TPSA) is 78.5 Å². The monoisotopic (exact) mass is 343 g/mol. The molecule has 9 heteroatoms. The van der Waals surface area contributed by atoms with Crippen LogP contribution >= 0.6 is 0 Å². The van der Waals surface area contributed by atoms with E-state index >= 15 is 0 Å². The van der Waals surface area contributed by atoms with Gasteiger partial charge in [-0.3, -0.25) is 14.9 Å². The first-order chi connectivity index (χ1) is 11.2. The maximum Gasteiger partial charge on any atom is 0.416 e. The molecule has 24 heavy (non-hydrogen) atoms. The molecular weight excluding hydrogens is 327 g/mol. The van der Waals surface area contributed by atoms with Crippen molar-refractivity contribution >= 4 is 17.8 Å². The van der Waals surface area contributed by atoms with Crippen LogP contribution in [0.5, 0.6) is 0 Å². The maximum absolute atomic E-state index is 12.5. The summed E-state index contributed by atoms with van der Waals surface area (Å²) in [5.74, 6) is -0.748. The number of nitrogens with zero attached hydrogens (tertiary/aromatic N) is 1. The van der Waals surface area contributed by atoms with E-state index in [9.17, 15) is 27.6 Å². The standard InChI is InChI=1S/C15H16F3N3O3/c1-21(8-9-2-4-10(5-3-9)15(16,17)18)12(22)7-6-11-13(23)20-14(24)19-11/h2-5,11H,6-8H2,1H3,(H2,19,20,23,24)/t11-/m1/s1. The highest BCUT2D eigenvalue weighted by Crippen LogP contribution is 2.29. The van der Waals surface area contributed by atoms with E-state index in [1.165, 1.54) is 24.1 Å². The van der Waals surface area contributed by atoms with E-state index in [-0.39, 0.29) is 25.3 Å². The third-order valence-electron chi connectivity index (χ3n) is 3.63. The van der Waals surface area contributed by atoms with E-state index in [2.05, 4.69) is 10.6 Å². The summed E-state index contributed by atoms with van der Waals surface area (Å²) in [7, 11) is 1.52. The summed E-state index contributed by atoms with van der Waals surface area (Å²) in [5.41, 5.74) is -0.186. The number of urea groups is 1. The number of benzene rings is 1. The van der Waals surface area contributed by atoms with Crippen molar-refractivity contribution in [3.63, 3.8) is 0 Å². The molecule has 0 unspecified atom stereocenters. The number of carbonyl (C=O) groups is 3. The van der Waals surface area contributed by atoms with Crippen LogP contribution in [0.2, 0.25) is 0 Å². The third kappa shape index (κ3) is 4.46. The Labute approximate surface area is 136 Å². The lowest BCUT2D eigenvalue weighted by Crippen LogP contribution is -2.32. The Morgan fingerprint density at radius 2 is 1.83 bits per heavy atom. The first-order valence-electron chi connectivity index (χ1n) is 7.18. The summed E-state index contributed by atoms with van der Waals surface area (Å²) < 4.78 is 37.5. The molecule has 6 nitrogen and oxygen atoms in total. The second kappa shape index (κ2) is 6.90. The average molecular weight is 343 g/mol. The summed E-state index contributed by atoms with van der Waals surface area (Å²) in [5, 5.41) is 4.46. The van der Waals surface area contributed by atoms with Gasteiger partial charge in [0.1, 0.15) is 6.04 Å². The van der Waals surface area contributed by atoms with Crippen LogP contribution in [0.3, 0.4) is 0 Å². The van der Waals surface area contributed by atoms with E-state index in [1.807, 2.05) is 0 Å². The van der Waals surface area contributed by atoms with E-state index in [1.54, 1.807) is 0 Å². The number of carbonyl (C=O) groups excluding carboxylic acids is 3. The van der Waals surface area contributed by atoms with Gasteiger partial charge in [0.15, 0.2) is 0 Å². The molecule has 1 heterocycles. The molecule has 1 fully saturated rings. The van der Waals surface area contributed by atoms with Crippen LogP contribution in [-0.2, 0) is 22.3 Å². The Morgan fingerprint density at radius 3 is 2.33 bits per heavy atom. The Kier molecular flexibility index (Phi) is 5.10. The van der Waals surface area contributed by atoms with E-state index in [0.29, 0.717) is 5.56 Å². The second-order valence-electron chi connectivity index (χ2n) is 5.50. The van der Waals surface area contributed by atoms with Gasteiger partial charge in [-0.1, -0.05) is 12.1 Å². The maximum atomic E-state index is 12.5. The van der Waals surface area contributed by atoms with Crippen LogP contribution in [0.4, 0.5) is 18.0 Å². The molecule has 1 aromatic rings. The number of nitrogens with one attached hydrogen (secondary N) is 2. The third-order valence-corrected chi connectivity index (χ3v) is 3.63. The molecular formula is C15H16F3N3O3. The zero-order valence-electron chi connectivity index (χ0n) is 12.8. The summed E-state index contributed by atoms with van der Waals surface area (Å²) in [6.45, 7) is 0.153. The molecule has 1 aromatic carbocycles. The number of halogens is 3. The molecule has 1 atom stereocenters. The summed E-state index contributed by atoms with van der Waals surface area (Å²) in [4.78, 5) is 35.7. The van der Waals surface area contributed by atoms with Gasteiger partial charge >= 0.3 is 12.2 Å². The normalized spacial score (nSPS) is 17.4. The SMILES string of the molecule is CN(Cc1ccc(C(F)(F)F)cc1)C(=O)CC[C@H]1NC(=O)NC1=O. The van der Waals surface area contributed by atoms with Crippen molar-refractivity contribution in [3.8, 4) is 0 Å².